The summed E-state index contributed by atoms with van der Waals surface area (Å²) >= 11 is 1.53. The molecule has 0 bridgehead atoms. The summed E-state index contributed by atoms with van der Waals surface area (Å²) in [4.78, 5) is 18.3. The van der Waals surface area contributed by atoms with Gasteiger partial charge in [0.2, 0.25) is 0 Å². The van der Waals surface area contributed by atoms with Crippen LogP contribution in [-0.4, -0.2) is 25.1 Å². The van der Waals surface area contributed by atoms with E-state index >= 15 is 0 Å². The standard InChI is InChI=1S/C15H14FNO2S/c1-17(19-2)15(18)10-8-13-7-9-14(20-13)11-3-5-12(16)6-4-11/h3-10H,1-2H3. The monoisotopic (exact) mass is 291 g/mol. The number of hydrogen-bond acceptors (Lipinski definition) is 3. The van der Waals surface area contributed by atoms with Crippen molar-refractivity contribution in [1.29, 1.82) is 0 Å². The van der Waals surface area contributed by atoms with Crippen molar-refractivity contribution < 1.29 is 14.0 Å². The Morgan fingerprint density at radius 2 is 1.95 bits per heavy atom. The molecule has 3 nitrogen and oxygen atoms in total. The van der Waals surface area contributed by atoms with Crippen molar-refractivity contribution in [2.24, 2.45) is 0 Å². The zero-order chi connectivity index (χ0) is 14.5. The van der Waals surface area contributed by atoms with Gasteiger partial charge in [0, 0.05) is 22.9 Å². The predicted octanol–water partition coefficient (Wildman–Crippen LogP) is 3.59. The number of likely N-dealkylation sites (N-methyl/N-ethyl adjacent to an activating group) is 1. The van der Waals surface area contributed by atoms with Gasteiger partial charge < -0.3 is 0 Å². The fraction of sp³-hybridized carbons (Fsp3) is 0.133. The maximum atomic E-state index is 12.9. The van der Waals surface area contributed by atoms with E-state index in [1.165, 1.54) is 36.7 Å². The third-order valence-corrected chi connectivity index (χ3v) is 3.83. The fourth-order valence-corrected chi connectivity index (χ4v) is 2.48. The van der Waals surface area contributed by atoms with Crippen LogP contribution in [0.2, 0.25) is 0 Å². The van der Waals surface area contributed by atoms with Crippen molar-refractivity contribution in [1.82, 2.24) is 5.06 Å². The zero-order valence-corrected chi connectivity index (χ0v) is 12.0. The minimum Gasteiger partial charge on any atom is -0.274 e. The Hall–Kier alpha value is -1.98. The maximum absolute atomic E-state index is 12.9. The molecular weight excluding hydrogens is 277 g/mol. The molecule has 0 fully saturated rings. The van der Waals surface area contributed by atoms with Crippen molar-refractivity contribution >= 4 is 23.3 Å². The van der Waals surface area contributed by atoms with Crippen LogP contribution >= 0.6 is 11.3 Å². The molecule has 104 valence electrons. The van der Waals surface area contributed by atoms with E-state index in [2.05, 4.69) is 0 Å². The van der Waals surface area contributed by atoms with Gasteiger partial charge in [-0.15, -0.1) is 11.3 Å². The first-order valence-corrected chi connectivity index (χ1v) is 6.77. The zero-order valence-electron chi connectivity index (χ0n) is 11.2. The summed E-state index contributed by atoms with van der Waals surface area (Å²) < 4.78 is 12.9. The van der Waals surface area contributed by atoms with Gasteiger partial charge in [0.25, 0.3) is 5.91 Å². The lowest BCUT2D eigenvalue weighted by molar-refractivity contribution is -0.162. The Labute approximate surface area is 120 Å². The summed E-state index contributed by atoms with van der Waals surface area (Å²) in [5.74, 6) is -0.483. The van der Waals surface area contributed by atoms with Gasteiger partial charge in [0.15, 0.2) is 0 Å². The minimum atomic E-state index is -0.251. The van der Waals surface area contributed by atoms with Gasteiger partial charge in [0.05, 0.1) is 7.11 Å². The fourth-order valence-electron chi connectivity index (χ4n) is 1.56. The molecule has 5 heteroatoms. The Morgan fingerprint density at radius 1 is 1.25 bits per heavy atom. The lowest BCUT2D eigenvalue weighted by atomic mass is 10.2. The summed E-state index contributed by atoms with van der Waals surface area (Å²) in [5.41, 5.74) is 0.955. The molecule has 0 atom stereocenters. The van der Waals surface area contributed by atoms with E-state index in [1.54, 1.807) is 25.3 Å². The summed E-state index contributed by atoms with van der Waals surface area (Å²) in [5, 5.41) is 1.14. The van der Waals surface area contributed by atoms with Crippen molar-refractivity contribution in [3.05, 3.63) is 53.2 Å². The highest BCUT2D eigenvalue weighted by Gasteiger charge is 2.04. The number of carbonyl (C=O) groups is 1. The average Bonchev–Trinajstić information content (AvgIpc) is 2.93. The number of amides is 1. The largest absolute Gasteiger partial charge is 0.274 e. The molecule has 0 aliphatic carbocycles. The molecular formula is C15H14FNO2S. The Bertz CT molecular complexity index is 619. The highest BCUT2D eigenvalue weighted by Crippen LogP contribution is 2.28. The number of nitrogens with zero attached hydrogens (tertiary/aromatic N) is 1. The Morgan fingerprint density at radius 3 is 2.60 bits per heavy atom. The molecule has 1 aromatic carbocycles. The molecule has 1 amide bonds. The van der Waals surface area contributed by atoms with Crippen molar-refractivity contribution in [2.75, 3.05) is 14.2 Å². The normalized spacial score (nSPS) is 10.9. The van der Waals surface area contributed by atoms with E-state index in [4.69, 9.17) is 4.84 Å². The van der Waals surface area contributed by atoms with Crippen molar-refractivity contribution in [3.8, 4) is 10.4 Å². The van der Waals surface area contributed by atoms with Gasteiger partial charge in [-0.2, -0.15) is 0 Å². The molecule has 2 rings (SSSR count). The van der Waals surface area contributed by atoms with E-state index < -0.39 is 0 Å². The van der Waals surface area contributed by atoms with Crippen LogP contribution in [0.4, 0.5) is 4.39 Å². The van der Waals surface area contributed by atoms with E-state index in [9.17, 15) is 9.18 Å². The molecule has 0 aliphatic rings. The van der Waals surface area contributed by atoms with Crippen molar-refractivity contribution in [3.63, 3.8) is 0 Å². The van der Waals surface area contributed by atoms with Gasteiger partial charge in [-0.3, -0.25) is 9.63 Å². The summed E-state index contributed by atoms with van der Waals surface area (Å²) in [6, 6.07) is 10.2. The smallest absolute Gasteiger partial charge is 0.269 e. The van der Waals surface area contributed by atoms with E-state index in [1.807, 2.05) is 12.1 Å². The number of thiophene rings is 1. The predicted molar refractivity (Wildman–Crippen MR) is 78.5 cm³/mol. The second-order valence-corrected chi connectivity index (χ2v) is 5.18. The van der Waals surface area contributed by atoms with E-state index in [0.717, 1.165) is 20.4 Å². The Kier molecular flexibility index (Phi) is 4.65. The van der Waals surface area contributed by atoms with Crippen LogP contribution in [-0.2, 0) is 9.63 Å². The molecule has 0 saturated heterocycles. The number of carbonyl (C=O) groups excluding carboxylic acids is 1. The quantitative estimate of drug-likeness (QED) is 0.636. The van der Waals surface area contributed by atoms with Crippen LogP contribution < -0.4 is 0 Å². The molecule has 2 aromatic rings. The summed E-state index contributed by atoms with van der Waals surface area (Å²) in [7, 11) is 2.98. The molecule has 0 aliphatic heterocycles. The van der Waals surface area contributed by atoms with Crippen LogP contribution in [0.5, 0.6) is 0 Å². The topological polar surface area (TPSA) is 29.5 Å². The molecule has 0 N–H and O–H groups in total. The molecule has 1 heterocycles. The number of rotatable bonds is 4. The molecule has 0 saturated carbocycles. The highest BCUT2D eigenvalue weighted by molar-refractivity contribution is 7.16. The summed E-state index contributed by atoms with van der Waals surface area (Å²) in [6.45, 7) is 0. The van der Waals surface area contributed by atoms with Crippen LogP contribution in [0.25, 0.3) is 16.5 Å². The first-order valence-electron chi connectivity index (χ1n) is 5.96. The summed E-state index contributed by atoms with van der Waals surface area (Å²) in [6.07, 6.45) is 3.18. The molecule has 0 unspecified atom stereocenters. The minimum absolute atomic E-state index is 0.232. The van der Waals surface area contributed by atoms with Crippen molar-refractivity contribution in [2.45, 2.75) is 0 Å². The molecule has 20 heavy (non-hydrogen) atoms. The highest BCUT2D eigenvalue weighted by atomic mass is 32.1. The van der Waals surface area contributed by atoms with E-state index in [0.29, 0.717) is 0 Å². The second kappa shape index (κ2) is 6.45. The van der Waals surface area contributed by atoms with E-state index in [-0.39, 0.29) is 11.7 Å². The van der Waals surface area contributed by atoms with Crippen LogP contribution in [0.1, 0.15) is 4.88 Å². The maximum Gasteiger partial charge on any atom is 0.269 e. The van der Waals surface area contributed by atoms with Gasteiger partial charge in [0.1, 0.15) is 5.82 Å². The van der Waals surface area contributed by atoms with Gasteiger partial charge in [-0.25, -0.2) is 9.45 Å². The number of halogens is 1. The second-order valence-electron chi connectivity index (χ2n) is 4.06. The lowest BCUT2D eigenvalue weighted by Crippen LogP contribution is -2.22. The number of hydrogen-bond donors (Lipinski definition) is 0. The van der Waals surface area contributed by atoms with Gasteiger partial charge in [-0.1, -0.05) is 12.1 Å². The Balaban J connectivity index is 2.11. The van der Waals surface area contributed by atoms with Crippen LogP contribution in [0, 0.1) is 5.82 Å². The third kappa shape index (κ3) is 3.53. The van der Waals surface area contributed by atoms with Crippen LogP contribution in [0.3, 0.4) is 0 Å². The first kappa shape index (κ1) is 14.4. The lowest BCUT2D eigenvalue weighted by Gasteiger charge is -2.09. The number of hydroxylamine groups is 2. The van der Waals surface area contributed by atoms with Crippen LogP contribution in [0.15, 0.2) is 42.5 Å². The number of benzene rings is 1. The van der Waals surface area contributed by atoms with Gasteiger partial charge in [-0.05, 0) is 35.9 Å². The average molecular weight is 291 g/mol. The van der Waals surface area contributed by atoms with Gasteiger partial charge >= 0.3 is 0 Å². The first-order chi connectivity index (χ1) is 9.60. The molecule has 1 aromatic heterocycles. The third-order valence-electron chi connectivity index (χ3n) is 2.73. The molecule has 0 spiro atoms. The molecule has 0 radical (unpaired) electrons. The SMILES string of the molecule is CON(C)C(=O)C=Cc1ccc(-c2ccc(F)cc2)s1.